The summed E-state index contributed by atoms with van der Waals surface area (Å²) in [5, 5.41) is 14.6. The van der Waals surface area contributed by atoms with Crippen LogP contribution in [0, 0.1) is 0 Å². The molecule has 0 saturated heterocycles. The second-order valence-electron chi connectivity index (χ2n) is 5.60. The van der Waals surface area contributed by atoms with Gasteiger partial charge in [0, 0.05) is 35.9 Å². The van der Waals surface area contributed by atoms with Crippen molar-refractivity contribution < 1.29 is 13.5 Å². The third-order valence-corrected chi connectivity index (χ3v) is 5.40. The van der Waals surface area contributed by atoms with E-state index in [1.165, 1.54) is 12.4 Å². The van der Waals surface area contributed by atoms with Gasteiger partial charge >= 0.3 is 0 Å². The molecule has 24 heavy (non-hydrogen) atoms. The maximum atomic E-state index is 12.4. The number of aromatic nitrogens is 3. The second-order valence-corrected chi connectivity index (χ2v) is 7.31. The minimum atomic E-state index is -3.72. The lowest BCUT2D eigenvalue weighted by Crippen LogP contribution is -2.38. The zero-order valence-electron chi connectivity index (χ0n) is 13.3. The number of nitrogens with one attached hydrogen (secondary N) is 2. The maximum absolute atomic E-state index is 12.4. The number of aliphatic hydroxyl groups is 1. The van der Waals surface area contributed by atoms with Crippen LogP contribution < -0.4 is 4.72 Å². The lowest BCUT2D eigenvalue weighted by atomic mass is 10.1. The Balaban J connectivity index is 1.79. The van der Waals surface area contributed by atoms with E-state index < -0.39 is 16.1 Å². The summed E-state index contributed by atoms with van der Waals surface area (Å²) in [6.45, 7) is 2.18. The van der Waals surface area contributed by atoms with Gasteiger partial charge in [-0.15, -0.1) is 0 Å². The molecule has 8 heteroatoms. The number of rotatable bonds is 7. The number of aromatic amines is 1. The Kier molecular flexibility index (Phi) is 4.70. The van der Waals surface area contributed by atoms with Gasteiger partial charge in [0.15, 0.2) is 0 Å². The first-order valence-corrected chi connectivity index (χ1v) is 9.22. The van der Waals surface area contributed by atoms with Crippen molar-refractivity contribution in [2.24, 2.45) is 0 Å². The van der Waals surface area contributed by atoms with E-state index in [0.29, 0.717) is 13.0 Å². The van der Waals surface area contributed by atoms with Crippen LogP contribution in [0.3, 0.4) is 0 Å². The number of nitrogens with zero attached hydrogens (tertiary/aromatic N) is 2. The number of hydrogen-bond donors (Lipinski definition) is 3. The molecule has 2 heterocycles. The molecule has 128 valence electrons. The van der Waals surface area contributed by atoms with Crippen molar-refractivity contribution in [1.82, 2.24) is 19.5 Å². The summed E-state index contributed by atoms with van der Waals surface area (Å²) in [6, 6.07) is 7.17. The molecule has 0 aliphatic heterocycles. The molecule has 1 aromatic carbocycles. The molecule has 0 bridgehead atoms. The molecule has 7 nitrogen and oxygen atoms in total. The minimum Gasteiger partial charge on any atom is -0.395 e. The summed E-state index contributed by atoms with van der Waals surface area (Å²) in [5.41, 5.74) is 1.94. The zero-order valence-corrected chi connectivity index (χ0v) is 14.1. The van der Waals surface area contributed by atoms with E-state index in [1.807, 2.05) is 37.4 Å². The van der Waals surface area contributed by atoms with Crippen LogP contribution in [0.4, 0.5) is 0 Å². The van der Waals surface area contributed by atoms with Gasteiger partial charge in [0.2, 0.25) is 10.0 Å². The molecule has 0 spiro atoms. The molecule has 1 atom stereocenters. The fourth-order valence-electron chi connectivity index (χ4n) is 2.65. The number of para-hydroxylation sites is 1. The number of benzene rings is 1. The lowest BCUT2D eigenvalue weighted by Gasteiger charge is -2.15. The van der Waals surface area contributed by atoms with Crippen molar-refractivity contribution in [2.75, 3.05) is 6.61 Å². The molecule has 0 saturated carbocycles. The molecule has 0 aliphatic carbocycles. The van der Waals surface area contributed by atoms with E-state index in [0.717, 1.165) is 16.5 Å². The van der Waals surface area contributed by atoms with Gasteiger partial charge in [-0.05, 0) is 25.0 Å². The number of fused-ring (bicyclic) bond motifs is 1. The number of aliphatic hydroxyl groups excluding tert-OH is 1. The molecule has 2 aromatic heterocycles. The Hall–Kier alpha value is -2.16. The molecular weight excluding hydrogens is 328 g/mol. The second kappa shape index (κ2) is 6.76. The van der Waals surface area contributed by atoms with Gasteiger partial charge in [0.05, 0.1) is 12.8 Å². The minimum absolute atomic E-state index is 0.0988. The first-order chi connectivity index (χ1) is 11.5. The summed E-state index contributed by atoms with van der Waals surface area (Å²) in [4.78, 5) is 3.25. The van der Waals surface area contributed by atoms with Crippen molar-refractivity contribution in [3.8, 4) is 0 Å². The van der Waals surface area contributed by atoms with Crippen LogP contribution in [0.1, 0.15) is 12.5 Å². The summed E-state index contributed by atoms with van der Waals surface area (Å²) >= 11 is 0. The summed E-state index contributed by atoms with van der Waals surface area (Å²) in [6.07, 6.45) is 5.02. The predicted octanol–water partition coefficient (Wildman–Crippen LogP) is 1.27. The summed E-state index contributed by atoms with van der Waals surface area (Å²) < 4.78 is 29.0. The van der Waals surface area contributed by atoms with Crippen LogP contribution >= 0.6 is 0 Å². The van der Waals surface area contributed by atoms with Gasteiger partial charge < -0.3 is 10.1 Å². The van der Waals surface area contributed by atoms with Crippen molar-refractivity contribution in [2.45, 2.75) is 30.8 Å². The normalized spacial score (nSPS) is 13.4. The highest BCUT2D eigenvalue weighted by molar-refractivity contribution is 7.89. The first-order valence-electron chi connectivity index (χ1n) is 7.74. The molecular formula is C16H20N4O3S. The van der Waals surface area contributed by atoms with Crippen LogP contribution in [0.5, 0.6) is 0 Å². The largest absolute Gasteiger partial charge is 0.395 e. The average molecular weight is 348 g/mol. The van der Waals surface area contributed by atoms with E-state index >= 15 is 0 Å². The highest BCUT2D eigenvalue weighted by atomic mass is 32.2. The number of hydrogen-bond acceptors (Lipinski definition) is 4. The molecule has 0 radical (unpaired) electrons. The average Bonchev–Trinajstić information content (AvgIpc) is 3.21. The van der Waals surface area contributed by atoms with Crippen LogP contribution in [0.25, 0.3) is 10.9 Å². The highest BCUT2D eigenvalue weighted by Gasteiger charge is 2.22. The number of aryl methyl sites for hydroxylation is 1. The Labute approximate surface area is 140 Å². The smallest absolute Gasteiger partial charge is 0.244 e. The Bertz CT molecular complexity index is 930. The topological polar surface area (TPSA) is 100 Å². The van der Waals surface area contributed by atoms with Crippen molar-refractivity contribution in [3.63, 3.8) is 0 Å². The van der Waals surface area contributed by atoms with E-state index in [9.17, 15) is 13.5 Å². The number of sulfonamides is 1. The van der Waals surface area contributed by atoms with E-state index in [4.69, 9.17) is 0 Å². The predicted molar refractivity (Wildman–Crippen MR) is 91.1 cm³/mol. The molecule has 0 amide bonds. The van der Waals surface area contributed by atoms with Crippen LogP contribution in [0.2, 0.25) is 0 Å². The first kappa shape index (κ1) is 16.7. The Morgan fingerprint density at radius 2 is 2.17 bits per heavy atom. The van der Waals surface area contributed by atoms with Gasteiger partial charge in [0.25, 0.3) is 0 Å². The van der Waals surface area contributed by atoms with Crippen LogP contribution in [-0.2, 0) is 23.0 Å². The molecule has 3 N–H and O–H groups in total. The fourth-order valence-corrected chi connectivity index (χ4v) is 3.83. The van der Waals surface area contributed by atoms with Crippen molar-refractivity contribution in [1.29, 1.82) is 0 Å². The Morgan fingerprint density at radius 1 is 1.38 bits per heavy atom. The van der Waals surface area contributed by atoms with Gasteiger partial charge in [-0.2, -0.15) is 5.10 Å². The summed E-state index contributed by atoms with van der Waals surface area (Å²) in [7, 11) is -3.72. The quantitative estimate of drug-likeness (QED) is 0.598. The molecule has 0 fully saturated rings. The van der Waals surface area contributed by atoms with Crippen molar-refractivity contribution >= 4 is 20.9 Å². The third kappa shape index (κ3) is 3.35. The maximum Gasteiger partial charge on any atom is 0.244 e. The van der Waals surface area contributed by atoms with Crippen LogP contribution in [0.15, 0.2) is 47.8 Å². The fraction of sp³-hybridized carbons (Fsp3) is 0.312. The van der Waals surface area contributed by atoms with E-state index in [2.05, 4.69) is 14.8 Å². The standard InChI is InChI=1S/C16H20N4O3S/c1-2-20-10-14(9-18-20)24(22,23)19-13(11-21)7-12-8-17-16-6-4-3-5-15(12)16/h3-6,8-10,13,17,19,21H,2,7,11H2,1H3/t13-/m1/s1. The van der Waals surface area contributed by atoms with Gasteiger partial charge in [-0.1, -0.05) is 18.2 Å². The van der Waals surface area contributed by atoms with Crippen LogP contribution in [-0.4, -0.2) is 40.9 Å². The lowest BCUT2D eigenvalue weighted by molar-refractivity contribution is 0.256. The van der Waals surface area contributed by atoms with E-state index in [-0.39, 0.29) is 11.5 Å². The summed E-state index contributed by atoms with van der Waals surface area (Å²) in [5.74, 6) is 0. The SMILES string of the molecule is CCn1cc(S(=O)(=O)N[C@@H](CO)Cc2c[nH]c3ccccc23)cn1. The number of H-pyrrole nitrogens is 1. The van der Waals surface area contributed by atoms with Gasteiger partial charge in [0.1, 0.15) is 4.90 Å². The molecule has 0 aliphatic rings. The van der Waals surface area contributed by atoms with Gasteiger partial charge in [-0.25, -0.2) is 13.1 Å². The molecule has 0 unspecified atom stereocenters. The molecule has 3 rings (SSSR count). The van der Waals surface area contributed by atoms with E-state index in [1.54, 1.807) is 4.68 Å². The zero-order chi connectivity index (χ0) is 17.2. The van der Waals surface area contributed by atoms with Crippen molar-refractivity contribution in [3.05, 3.63) is 48.4 Å². The van der Waals surface area contributed by atoms with Gasteiger partial charge in [-0.3, -0.25) is 4.68 Å². The highest BCUT2D eigenvalue weighted by Crippen LogP contribution is 2.19. The monoisotopic (exact) mass is 348 g/mol. The third-order valence-electron chi connectivity index (χ3n) is 3.93. The molecule has 3 aromatic rings. The Morgan fingerprint density at radius 3 is 2.88 bits per heavy atom.